The number of furan rings is 1. The fourth-order valence-corrected chi connectivity index (χ4v) is 2.33. The van der Waals surface area contributed by atoms with Crippen molar-refractivity contribution in [2.45, 2.75) is 0 Å². The van der Waals surface area contributed by atoms with Gasteiger partial charge in [0.15, 0.2) is 0 Å². The van der Waals surface area contributed by atoms with Crippen LogP contribution in [0.15, 0.2) is 71.1 Å². The summed E-state index contributed by atoms with van der Waals surface area (Å²) < 4.78 is 5.74. The van der Waals surface area contributed by atoms with Crippen LogP contribution >= 0.6 is 0 Å². The number of carboxylic acid groups (broad SMARTS) is 1. The van der Waals surface area contributed by atoms with Gasteiger partial charge in [-0.25, -0.2) is 4.79 Å². The first-order valence-electron chi connectivity index (χ1n) is 7.28. The number of aromatic carboxylic acids is 1. The van der Waals surface area contributed by atoms with Gasteiger partial charge in [-0.15, -0.1) is 0 Å². The number of carboxylic acids is 1. The zero-order valence-corrected chi connectivity index (χ0v) is 12.6. The van der Waals surface area contributed by atoms with Crippen molar-refractivity contribution in [1.82, 2.24) is 0 Å². The van der Waals surface area contributed by atoms with E-state index in [0.29, 0.717) is 22.7 Å². The first-order valence-corrected chi connectivity index (χ1v) is 7.28. The minimum atomic E-state index is -0.987. The molecule has 24 heavy (non-hydrogen) atoms. The molecule has 1 heterocycles. The molecule has 0 bridgehead atoms. The molecule has 0 aliphatic heterocycles. The lowest BCUT2D eigenvalue weighted by Gasteiger charge is -1.99. The van der Waals surface area contributed by atoms with Crippen molar-refractivity contribution in [2.24, 2.45) is 0 Å². The Labute approximate surface area is 138 Å². The maximum atomic E-state index is 11.1. The lowest BCUT2D eigenvalue weighted by Crippen LogP contribution is -1.95. The van der Waals surface area contributed by atoms with Crippen molar-refractivity contribution in [1.29, 1.82) is 5.26 Å². The Hall–Kier alpha value is -3.58. The second-order valence-electron chi connectivity index (χ2n) is 5.12. The standard InChI is InChI=1S/C20H13NO3/c21-13-17(14-5-2-1-3-6-14)12-18-9-10-19(24-18)15-7-4-8-16(11-15)20(22)23/h1-12H,(H,22,23)/b17-12-. The summed E-state index contributed by atoms with van der Waals surface area (Å²) >= 11 is 0. The van der Waals surface area contributed by atoms with Gasteiger partial charge in [0.1, 0.15) is 11.5 Å². The Morgan fingerprint density at radius 1 is 1.00 bits per heavy atom. The predicted molar refractivity (Wildman–Crippen MR) is 91.0 cm³/mol. The monoisotopic (exact) mass is 315 g/mol. The second kappa shape index (κ2) is 6.67. The van der Waals surface area contributed by atoms with Crippen molar-refractivity contribution in [3.63, 3.8) is 0 Å². The molecule has 0 fully saturated rings. The molecular formula is C20H13NO3. The third kappa shape index (κ3) is 3.26. The molecule has 0 amide bonds. The molecule has 4 nitrogen and oxygen atoms in total. The summed E-state index contributed by atoms with van der Waals surface area (Å²) in [6.45, 7) is 0. The van der Waals surface area contributed by atoms with E-state index in [1.54, 1.807) is 36.4 Å². The Morgan fingerprint density at radius 3 is 2.46 bits per heavy atom. The Balaban J connectivity index is 1.94. The van der Waals surface area contributed by atoms with E-state index in [4.69, 9.17) is 9.52 Å². The third-order valence-corrected chi connectivity index (χ3v) is 3.51. The summed E-state index contributed by atoms with van der Waals surface area (Å²) in [4.78, 5) is 11.1. The highest BCUT2D eigenvalue weighted by molar-refractivity contribution is 5.90. The molecular weight excluding hydrogens is 302 g/mol. The highest BCUT2D eigenvalue weighted by Crippen LogP contribution is 2.25. The van der Waals surface area contributed by atoms with Crippen LogP contribution in [0.1, 0.15) is 21.7 Å². The molecule has 0 aliphatic rings. The molecule has 0 unspecified atom stereocenters. The smallest absolute Gasteiger partial charge is 0.335 e. The summed E-state index contributed by atoms with van der Waals surface area (Å²) in [6, 6.07) is 21.5. The first-order chi connectivity index (χ1) is 11.7. The van der Waals surface area contributed by atoms with Gasteiger partial charge in [-0.1, -0.05) is 42.5 Å². The predicted octanol–water partition coefficient (Wildman–Crippen LogP) is 4.71. The van der Waals surface area contributed by atoms with E-state index in [1.165, 1.54) is 6.07 Å². The van der Waals surface area contributed by atoms with E-state index in [9.17, 15) is 10.1 Å². The van der Waals surface area contributed by atoms with Crippen LogP contribution in [-0.4, -0.2) is 11.1 Å². The molecule has 0 spiro atoms. The molecule has 2 aromatic carbocycles. The van der Waals surface area contributed by atoms with Gasteiger partial charge in [0.2, 0.25) is 0 Å². The van der Waals surface area contributed by atoms with Crippen LogP contribution in [0.25, 0.3) is 23.0 Å². The maximum absolute atomic E-state index is 11.1. The summed E-state index contributed by atoms with van der Waals surface area (Å²) in [5, 5.41) is 18.4. The molecule has 1 N–H and O–H groups in total. The van der Waals surface area contributed by atoms with Gasteiger partial charge >= 0.3 is 5.97 Å². The average molecular weight is 315 g/mol. The molecule has 116 valence electrons. The van der Waals surface area contributed by atoms with Gasteiger partial charge in [0.25, 0.3) is 0 Å². The van der Waals surface area contributed by atoms with Gasteiger partial charge in [-0.2, -0.15) is 5.26 Å². The highest BCUT2D eigenvalue weighted by Gasteiger charge is 2.09. The van der Waals surface area contributed by atoms with Gasteiger partial charge in [-0.05, 0) is 35.9 Å². The zero-order valence-electron chi connectivity index (χ0n) is 12.6. The molecule has 0 atom stereocenters. The summed E-state index contributed by atoms with van der Waals surface area (Å²) in [5.74, 6) is 0.0974. The van der Waals surface area contributed by atoms with Crippen LogP contribution in [-0.2, 0) is 0 Å². The third-order valence-electron chi connectivity index (χ3n) is 3.51. The van der Waals surface area contributed by atoms with Crippen molar-refractivity contribution in [2.75, 3.05) is 0 Å². The van der Waals surface area contributed by atoms with Crippen molar-refractivity contribution >= 4 is 17.6 Å². The van der Waals surface area contributed by atoms with Gasteiger partial charge in [0, 0.05) is 5.56 Å². The summed E-state index contributed by atoms with van der Waals surface area (Å²) in [5.41, 5.74) is 2.18. The molecule has 4 heteroatoms. The number of carbonyl (C=O) groups is 1. The molecule has 3 aromatic rings. The van der Waals surface area contributed by atoms with Crippen LogP contribution < -0.4 is 0 Å². The lowest BCUT2D eigenvalue weighted by molar-refractivity contribution is 0.0697. The van der Waals surface area contributed by atoms with Crippen LogP contribution in [0, 0.1) is 11.3 Å². The fourth-order valence-electron chi connectivity index (χ4n) is 2.33. The number of hydrogen-bond acceptors (Lipinski definition) is 3. The lowest BCUT2D eigenvalue weighted by atomic mass is 10.1. The molecule has 0 aliphatic carbocycles. The van der Waals surface area contributed by atoms with E-state index in [2.05, 4.69) is 6.07 Å². The Bertz CT molecular complexity index is 946. The average Bonchev–Trinajstić information content (AvgIpc) is 3.09. The highest BCUT2D eigenvalue weighted by atomic mass is 16.4. The second-order valence-corrected chi connectivity index (χ2v) is 5.12. The van der Waals surface area contributed by atoms with E-state index >= 15 is 0 Å². The number of hydrogen-bond donors (Lipinski definition) is 1. The molecule has 3 rings (SSSR count). The van der Waals surface area contributed by atoms with Crippen LogP contribution in [0.2, 0.25) is 0 Å². The first kappa shape index (κ1) is 15.3. The number of nitrogens with zero attached hydrogens (tertiary/aromatic N) is 1. The maximum Gasteiger partial charge on any atom is 0.335 e. The molecule has 0 radical (unpaired) electrons. The number of rotatable bonds is 4. The summed E-state index contributed by atoms with van der Waals surface area (Å²) in [7, 11) is 0. The van der Waals surface area contributed by atoms with Gasteiger partial charge < -0.3 is 9.52 Å². The Morgan fingerprint density at radius 2 is 1.75 bits per heavy atom. The molecule has 0 saturated carbocycles. The number of allylic oxidation sites excluding steroid dienone is 1. The van der Waals surface area contributed by atoms with Crippen molar-refractivity contribution in [3.8, 4) is 17.4 Å². The zero-order chi connectivity index (χ0) is 16.9. The van der Waals surface area contributed by atoms with E-state index < -0.39 is 5.97 Å². The van der Waals surface area contributed by atoms with E-state index in [-0.39, 0.29) is 5.56 Å². The summed E-state index contributed by atoms with van der Waals surface area (Å²) in [6.07, 6.45) is 1.67. The largest absolute Gasteiger partial charge is 0.478 e. The van der Waals surface area contributed by atoms with Gasteiger partial charge in [-0.3, -0.25) is 0 Å². The van der Waals surface area contributed by atoms with Crippen molar-refractivity contribution < 1.29 is 14.3 Å². The van der Waals surface area contributed by atoms with Crippen LogP contribution in [0.4, 0.5) is 0 Å². The van der Waals surface area contributed by atoms with Crippen LogP contribution in [0.5, 0.6) is 0 Å². The number of benzene rings is 2. The number of nitriles is 1. The minimum absolute atomic E-state index is 0.197. The topological polar surface area (TPSA) is 74.2 Å². The minimum Gasteiger partial charge on any atom is -0.478 e. The molecule has 1 aromatic heterocycles. The van der Waals surface area contributed by atoms with Crippen LogP contribution in [0.3, 0.4) is 0 Å². The Kier molecular flexibility index (Phi) is 4.26. The molecule has 0 saturated heterocycles. The normalized spacial score (nSPS) is 11.0. The van der Waals surface area contributed by atoms with Crippen molar-refractivity contribution in [3.05, 3.63) is 83.6 Å². The van der Waals surface area contributed by atoms with Gasteiger partial charge in [0.05, 0.1) is 17.2 Å². The van der Waals surface area contributed by atoms with E-state index in [1.807, 2.05) is 30.3 Å². The van der Waals surface area contributed by atoms with E-state index in [0.717, 1.165) is 5.56 Å². The fraction of sp³-hybridized carbons (Fsp3) is 0. The SMILES string of the molecule is N#C/C(=C/c1ccc(-c2cccc(C(=O)O)c2)o1)c1ccccc1. The quantitative estimate of drug-likeness (QED) is 0.708.